The molecule has 1 aliphatic rings. The molecular formula is C13H15NO2. The van der Waals surface area contributed by atoms with E-state index < -0.39 is 0 Å². The molecule has 3 heteroatoms. The zero-order valence-electron chi connectivity index (χ0n) is 9.35. The van der Waals surface area contributed by atoms with Gasteiger partial charge in [-0.15, -0.1) is 0 Å². The van der Waals surface area contributed by atoms with Gasteiger partial charge in [-0.2, -0.15) is 0 Å². The van der Waals surface area contributed by atoms with Gasteiger partial charge in [0.05, 0.1) is 6.54 Å². The molecule has 16 heavy (non-hydrogen) atoms. The Labute approximate surface area is 95.1 Å². The highest BCUT2D eigenvalue weighted by Crippen LogP contribution is 2.30. The minimum absolute atomic E-state index is 0.00269. The van der Waals surface area contributed by atoms with E-state index in [1.54, 1.807) is 19.2 Å². The summed E-state index contributed by atoms with van der Waals surface area (Å²) in [5.41, 5.74) is 0.665. The first-order valence-corrected chi connectivity index (χ1v) is 5.51. The van der Waals surface area contributed by atoms with Crippen molar-refractivity contribution < 1.29 is 9.59 Å². The van der Waals surface area contributed by atoms with E-state index in [9.17, 15) is 9.59 Å². The number of nitrogens with zero attached hydrogens (tertiary/aromatic N) is 1. The number of ketones is 1. The monoisotopic (exact) mass is 217 g/mol. The summed E-state index contributed by atoms with van der Waals surface area (Å²) in [4.78, 5) is 25.0. The van der Waals surface area contributed by atoms with Crippen molar-refractivity contribution in [3.63, 3.8) is 0 Å². The summed E-state index contributed by atoms with van der Waals surface area (Å²) in [7, 11) is 1.70. The highest BCUT2D eigenvalue weighted by atomic mass is 16.2. The van der Waals surface area contributed by atoms with Gasteiger partial charge < -0.3 is 4.90 Å². The van der Waals surface area contributed by atoms with Crippen LogP contribution in [0.5, 0.6) is 0 Å². The Hall–Kier alpha value is -1.64. The SMILES string of the molecule is CN(CC(=O)c1ccccc1)C(=O)C1CC1. The van der Waals surface area contributed by atoms with Gasteiger partial charge in [0, 0.05) is 18.5 Å². The minimum Gasteiger partial charge on any atom is -0.338 e. The minimum atomic E-state index is -0.00269. The molecule has 1 fully saturated rings. The fourth-order valence-corrected chi connectivity index (χ4v) is 1.65. The van der Waals surface area contributed by atoms with Gasteiger partial charge in [0.1, 0.15) is 0 Å². The fraction of sp³-hybridized carbons (Fsp3) is 0.385. The average molecular weight is 217 g/mol. The van der Waals surface area contributed by atoms with Crippen LogP contribution in [-0.4, -0.2) is 30.2 Å². The van der Waals surface area contributed by atoms with Gasteiger partial charge in [0.2, 0.25) is 5.91 Å². The summed E-state index contributed by atoms with van der Waals surface area (Å²) < 4.78 is 0. The van der Waals surface area contributed by atoms with Crippen molar-refractivity contribution in [2.24, 2.45) is 5.92 Å². The van der Waals surface area contributed by atoms with Crippen LogP contribution in [0.2, 0.25) is 0 Å². The van der Waals surface area contributed by atoms with Gasteiger partial charge in [-0.05, 0) is 12.8 Å². The normalized spacial score (nSPS) is 14.6. The van der Waals surface area contributed by atoms with Gasteiger partial charge in [-0.25, -0.2) is 0 Å². The van der Waals surface area contributed by atoms with Gasteiger partial charge in [-0.1, -0.05) is 30.3 Å². The highest BCUT2D eigenvalue weighted by Gasteiger charge is 2.32. The Kier molecular flexibility index (Phi) is 3.04. The van der Waals surface area contributed by atoms with E-state index in [1.807, 2.05) is 18.2 Å². The van der Waals surface area contributed by atoms with E-state index >= 15 is 0 Å². The second-order valence-electron chi connectivity index (χ2n) is 4.26. The smallest absolute Gasteiger partial charge is 0.225 e. The van der Waals surface area contributed by atoms with Crippen molar-refractivity contribution in [1.29, 1.82) is 0 Å². The number of Topliss-reactive ketones (excluding diaryl/α,β-unsaturated/α-hetero) is 1. The maximum atomic E-state index is 11.8. The van der Waals surface area contributed by atoms with Gasteiger partial charge >= 0.3 is 0 Å². The van der Waals surface area contributed by atoms with Crippen LogP contribution in [0.1, 0.15) is 23.2 Å². The van der Waals surface area contributed by atoms with E-state index in [0.717, 1.165) is 12.8 Å². The summed E-state index contributed by atoms with van der Waals surface area (Å²) in [5, 5.41) is 0. The molecule has 0 saturated heterocycles. The summed E-state index contributed by atoms with van der Waals surface area (Å²) >= 11 is 0. The van der Waals surface area contributed by atoms with Crippen LogP contribution in [0.4, 0.5) is 0 Å². The third-order valence-electron chi connectivity index (χ3n) is 2.78. The molecule has 1 saturated carbocycles. The first-order chi connectivity index (χ1) is 7.68. The zero-order valence-corrected chi connectivity index (χ0v) is 9.35. The number of likely N-dealkylation sites (N-methyl/N-ethyl adjacent to an activating group) is 1. The number of carbonyl (C=O) groups is 2. The van der Waals surface area contributed by atoms with Crippen molar-refractivity contribution in [3.8, 4) is 0 Å². The predicted molar refractivity (Wildman–Crippen MR) is 61.1 cm³/mol. The van der Waals surface area contributed by atoms with Crippen molar-refractivity contribution in [3.05, 3.63) is 35.9 Å². The van der Waals surface area contributed by atoms with Gasteiger partial charge in [-0.3, -0.25) is 9.59 Å². The van der Waals surface area contributed by atoms with E-state index in [2.05, 4.69) is 0 Å². The number of rotatable bonds is 4. The number of benzene rings is 1. The molecule has 0 bridgehead atoms. The molecule has 0 aromatic heterocycles. The number of amides is 1. The molecule has 0 heterocycles. The van der Waals surface area contributed by atoms with E-state index in [4.69, 9.17) is 0 Å². The van der Waals surface area contributed by atoms with Crippen LogP contribution in [-0.2, 0) is 4.79 Å². The van der Waals surface area contributed by atoms with Crippen molar-refractivity contribution in [1.82, 2.24) is 4.90 Å². The molecule has 3 nitrogen and oxygen atoms in total. The Bertz CT molecular complexity index is 396. The maximum absolute atomic E-state index is 11.8. The third kappa shape index (κ3) is 2.48. The second-order valence-corrected chi connectivity index (χ2v) is 4.26. The molecule has 0 N–H and O–H groups in total. The summed E-state index contributed by atoms with van der Waals surface area (Å²) in [6.45, 7) is 0.180. The summed E-state index contributed by atoms with van der Waals surface area (Å²) in [5.74, 6) is 0.273. The van der Waals surface area contributed by atoms with Crippen molar-refractivity contribution in [2.45, 2.75) is 12.8 Å². The molecule has 2 rings (SSSR count). The van der Waals surface area contributed by atoms with Gasteiger partial charge in [0.25, 0.3) is 0 Å². The Balaban J connectivity index is 1.94. The molecule has 0 aliphatic heterocycles. The predicted octanol–water partition coefficient (Wildman–Crippen LogP) is 1.74. The highest BCUT2D eigenvalue weighted by molar-refractivity contribution is 5.99. The van der Waals surface area contributed by atoms with Crippen LogP contribution in [0, 0.1) is 5.92 Å². The lowest BCUT2D eigenvalue weighted by atomic mass is 10.1. The van der Waals surface area contributed by atoms with E-state index in [0.29, 0.717) is 5.56 Å². The summed E-state index contributed by atoms with van der Waals surface area (Å²) in [6, 6.07) is 9.08. The lowest BCUT2D eigenvalue weighted by molar-refractivity contribution is -0.130. The lowest BCUT2D eigenvalue weighted by Crippen LogP contribution is -2.33. The molecule has 1 aromatic carbocycles. The topological polar surface area (TPSA) is 37.4 Å². The Morgan fingerprint density at radius 3 is 2.44 bits per heavy atom. The molecule has 1 aliphatic carbocycles. The standard InChI is InChI=1S/C13H15NO2/c1-14(13(16)11-7-8-11)9-12(15)10-5-3-2-4-6-10/h2-6,11H,7-9H2,1H3. The number of hydrogen-bond acceptors (Lipinski definition) is 2. The summed E-state index contributed by atoms with van der Waals surface area (Å²) in [6.07, 6.45) is 1.95. The number of hydrogen-bond donors (Lipinski definition) is 0. The van der Waals surface area contributed by atoms with Crippen molar-refractivity contribution in [2.75, 3.05) is 13.6 Å². The quantitative estimate of drug-likeness (QED) is 0.720. The van der Waals surface area contributed by atoms with Crippen LogP contribution in [0.3, 0.4) is 0 Å². The number of carbonyl (C=O) groups excluding carboxylic acids is 2. The first kappa shape index (κ1) is 10.9. The Morgan fingerprint density at radius 2 is 1.88 bits per heavy atom. The van der Waals surface area contributed by atoms with E-state index in [-0.39, 0.29) is 24.2 Å². The molecule has 0 radical (unpaired) electrons. The van der Waals surface area contributed by atoms with Gasteiger partial charge in [0.15, 0.2) is 5.78 Å². The largest absolute Gasteiger partial charge is 0.338 e. The fourth-order valence-electron chi connectivity index (χ4n) is 1.65. The second kappa shape index (κ2) is 4.47. The van der Waals surface area contributed by atoms with E-state index in [1.165, 1.54) is 4.90 Å². The molecular weight excluding hydrogens is 202 g/mol. The Morgan fingerprint density at radius 1 is 1.25 bits per heavy atom. The molecule has 1 aromatic rings. The zero-order chi connectivity index (χ0) is 11.5. The third-order valence-corrected chi connectivity index (χ3v) is 2.78. The maximum Gasteiger partial charge on any atom is 0.225 e. The van der Waals surface area contributed by atoms with Crippen LogP contribution < -0.4 is 0 Å². The van der Waals surface area contributed by atoms with Crippen LogP contribution in [0.25, 0.3) is 0 Å². The molecule has 0 spiro atoms. The molecule has 1 amide bonds. The molecule has 0 atom stereocenters. The van der Waals surface area contributed by atoms with Crippen LogP contribution >= 0.6 is 0 Å². The molecule has 84 valence electrons. The van der Waals surface area contributed by atoms with Crippen LogP contribution in [0.15, 0.2) is 30.3 Å². The average Bonchev–Trinajstić information content (AvgIpc) is 3.13. The molecule has 0 unspecified atom stereocenters. The van der Waals surface area contributed by atoms with Crippen molar-refractivity contribution >= 4 is 11.7 Å². The first-order valence-electron chi connectivity index (χ1n) is 5.51. The lowest BCUT2D eigenvalue weighted by Gasteiger charge is -2.15.